The topological polar surface area (TPSA) is 121 Å². The average Bonchev–Trinajstić information content (AvgIpc) is 2.72. The van der Waals surface area contributed by atoms with Crippen LogP contribution < -0.4 is 31.3 Å². The predicted octanol–water partition coefficient (Wildman–Crippen LogP) is 1.44. The van der Waals surface area contributed by atoms with Gasteiger partial charge in [-0.1, -0.05) is 6.07 Å². The maximum Gasteiger partial charge on any atom is 0.229 e. The summed E-state index contributed by atoms with van der Waals surface area (Å²) in [6.45, 7) is 3.89. The minimum Gasteiger partial charge on any atom is -0.497 e. The fourth-order valence-corrected chi connectivity index (χ4v) is 4.29. The number of rotatable bonds is 5. The van der Waals surface area contributed by atoms with Crippen molar-refractivity contribution in [3.8, 4) is 5.75 Å². The molecule has 2 aromatic carbocycles. The third-order valence-corrected chi connectivity index (χ3v) is 5.68. The quantitative estimate of drug-likeness (QED) is 0.483. The van der Waals surface area contributed by atoms with Gasteiger partial charge in [0.05, 0.1) is 25.1 Å². The minimum atomic E-state index is -0.788. The monoisotopic (exact) mass is 437 g/mol. The lowest BCUT2D eigenvalue weighted by atomic mass is 9.81. The third-order valence-electron chi connectivity index (χ3n) is 5.68. The molecule has 4 unspecified atom stereocenters. The summed E-state index contributed by atoms with van der Waals surface area (Å²) in [5, 5.41) is 14.9. The van der Waals surface area contributed by atoms with Gasteiger partial charge in [-0.05, 0) is 61.4 Å². The Balaban J connectivity index is 1.47. The van der Waals surface area contributed by atoms with Crippen molar-refractivity contribution in [3.05, 3.63) is 53.6 Å². The first kappa shape index (κ1) is 21.6. The van der Waals surface area contributed by atoms with Crippen molar-refractivity contribution >= 4 is 29.1 Å². The van der Waals surface area contributed by atoms with E-state index >= 15 is 0 Å². The Morgan fingerprint density at radius 1 is 1.00 bits per heavy atom. The number of amides is 3. The van der Waals surface area contributed by atoms with Crippen LogP contribution >= 0.6 is 0 Å². The Morgan fingerprint density at radius 2 is 1.69 bits per heavy atom. The SMILES string of the molecule is COc1ccc(NC2NC(=O)C3C(NC(=O)CC3C(=O)Nc3cc(C)cc(C)c3)N2)cc1. The van der Waals surface area contributed by atoms with Crippen molar-refractivity contribution in [3.63, 3.8) is 0 Å². The van der Waals surface area contributed by atoms with Crippen molar-refractivity contribution in [2.75, 3.05) is 17.7 Å². The van der Waals surface area contributed by atoms with Crippen LogP contribution in [0.3, 0.4) is 0 Å². The maximum absolute atomic E-state index is 13.0. The van der Waals surface area contributed by atoms with Gasteiger partial charge in [-0.15, -0.1) is 0 Å². The van der Waals surface area contributed by atoms with Crippen LogP contribution in [0.4, 0.5) is 11.4 Å². The highest BCUT2D eigenvalue weighted by molar-refractivity contribution is 6.00. The van der Waals surface area contributed by atoms with E-state index in [0.29, 0.717) is 11.4 Å². The maximum atomic E-state index is 13.0. The molecule has 2 fully saturated rings. The summed E-state index contributed by atoms with van der Waals surface area (Å²) in [4.78, 5) is 38.4. The summed E-state index contributed by atoms with van der Waals surface area (Å²) in [5.74, 6) is -1.74. The summed E-state index contributed by atoms with van der Waals surface area (Å²) in [7, 11) is 1.59. The predicted molar refractivity (Wildman–Crippen MR) is 120 cm³/mol. The molecular formula is C23H27N5O4. The molecule has 2 aliphatic rings. The Hall–Kier alpha value is -3.59. The van der Waals surface area contributed by atoms with E-state index in [1.165, 1.54) is 0 Å². The molecule has 3 amide bonds. The Kier molecular flexibility index (Phi) is 6.00. The summed E-state index contributed by atoms with van der Waals surface area (Å²) in [6, 6.07) is 13.0. The molecule has 9 heteroatoms. The molecule has 2 aliphatic heterocycles. The van der Waals surface area contributed by atoms with Crippen LogP contribution in [0.5, 0.6) is 5.75 Å². The molecule has 32 heavy (non-hydrogen) atoms. The number of anilines is 2. The van der Waals surface area contributed by atoms with Gasteiger partial charge in [0.2, 0.25) is 17.7 Å². The first-order chi connectivity index (χ1) is 15.3. The number of hydrogen-bond donors (Lipinski definition) is 5. The van der Waals surface area contributed by atoms with Gasteiger partial charge in [0, 0.05) is 17.8 Å². The van der Waals surface area contributed by atoms with Gasteiger partial charge in [0.1, 0.15) is 5.75 Å². The Bertz CT molecular complexity index is 1020. The van der Waals surface area contributed by atoms with Crippen molar-refractivity contribution in [2.24, 2.45) is 11.8 Å². The van der Waals surface area contributed by atoms with E-state index < -0.39 is 24.3 Å². The number of piperidine rings is 1. The zero-order valence-electron chi connectivity index (χ0n) is 18.2. The summed E-state index contributed by atoms with van der Waals surface area (Å²) >= 11 is 0. The van der Waals surface area contributed by atoms with Gasteiger partial charge in [-0.25, -0.2) is 0 Å². The largest absolute Gasteiger partial charge is 0.497 e. The third kappa shape index (κ3) is 4.67. The first-order valence-corrected chi connectivity index (χ1v) is 10.5. The molecule has 5 N–H and O–H groups in total. The molecule has 0 bridgehead atoms. The second-order valence-corrected chi connectivity index (χ2v) is 8.23. The number of carbonyl (C=O) groups is 3. The van der Waals surface area contributed by atoms with E-state index in [-0.39, 0.29) is 24.1 Å². The number of ether oxygens (including phenoxy) is 1. The molecule has 4 rings (SSSR count). The zero-order chi connectivity index (χ0) is 22.8. The highest BCUT2D eigenvalue weighted by atomic mass is 16.5. The van der Waals surface area contributed by atoms with Gasteiger partial charge in [-0.3, -0.25) is 19.7 Å². The molecular weight excluding hydrogens is 410 g/mol. The Labute approximate surface area is 186 Å². The molecule has 2 aromatic rings. The van der Waals surface area contributed by atoms with Gasteiger partial charge in [0.25, 0.3) is 0 Å². The first-order valence-electron chi connectivity index (χ1n) is 10.5. The number of carbonyl (C=O) groups excluding carboxylic acids is 3. The molecule has 0 aliphatic carbocycles. The number of methoxy groups -OCH3 is 1. The van der Waals surface area contributed by atoms with Crippen molar-refractivity contribution in [2.45, 2.75) is 32.7 Å². The van der Waals surface area contributed by atoms with Crippen LogP contribution in [0.2, 0.25) is 0 Å². The van der Waals surface area contributed by atoms with Gasteiger partial charge in [-0.2, -0.15) is 0 Å². The van der Waals surface area contributed by atoms with Gasteiger partial charge < -0.3 is 26.0 Å². The second kappa shape index (κ2) is 8.88. The van der Waals surface area contributed by atoms with E-state index in [4.69, 9.17) is 4.74 Å². The fourth-order valence-electron chi connectivity index (χ4n) is 4.29. The smallest absolute Gasteiger partial charge is 0.229 e. The standard InChI is InChI=1S/C23H27N5O4/c1-12-8-13(2)10-15(9-12)24-21(30)17-11-18(29)26-20-19(17)22(31)28-23(27-20)25-14-4-6-16(32-3)7-5-14/h4-10,17,19-20,23,25,27H,11H2,1-3H3,(H,24,30)(H,26,29)(H,28,31). The van der Waals surface area contributed by atoms with Crippen molar-refractivity contribution in [1.29, 1.82) is 0 Å². The van der Waals surface area contributed by atoms with Crippen LogP contribution in [-0.4, -0.2) is 37.3 Å². The minimum absolute atomic E-state index is 0.0521. The van der Waals surface area contributed by atoms with E-state index in [1.807, 2.05) is 44.2 Å². The molecule has 4 atom stereocenters. The molecule has 0 saturated carbocycles. The fraction of sp³-hybridized carbons (Fsp3) is 0.348. The lowest BCUT2D eigenvalue weighted by molar-refractivity contribution is -0.144. The summed E-state index contributed by atoms with van der Waals surface area (Å²) < 4.78 is 5.15. The lowest BCUT2D eigenvalue weighted by Crippen LogP contribution is -2.72. The van der Waals surface area contributed by atoms with Crippen LogP contribution in [0.1, 0.15) is 17.5 Å². The van der Waals surface area contributed by atoms with Crippen molar-refractivity contribution in [1.82, 2.24) is 16.0 Å². The van der Waals surface area contributed by atoms with E-state index in [0.717, 1.165) is 16.8 Å². The molecule has 0 radical (unpaired) electrons. The summed E-state index contributed by atoms with van der Waals surface area (Å²) in [5.41, 5.74) is 3.44. The van der Waals surface area contributed by atoms with E-state index in [9.17, 15) is 14.4 Å². The van der Waals surface area contributed by atoms with E-state index in [2.05, 4.69) is 26.6 Å². The van der Waals surface area contributed by atoms with Crippen LogP contribution in [-0.2, 0) is 14.4 Å². The van der Waals surface area contributed by atoms with Crippen LogP contribution in [0, 0.1) is 25.7 Å². The molecule has 0 aromatic heterocycles. The lowest BCUT2D eigenvalue weighted by Gasteiger charge is -2.43. The van der Waals surface area contributed by atoms with Gasteiger partial charge >= 0.3 is 0 Å². The normalized spacial score (nSPS) is 24.6. The number of fused-ring (bicyclic) bond motifs is 1. The molecule has 168 valence electrons. The zero-order valence-corrected chi connectivity index (χ0v) is 18.2. The van der Waals surface area contributed by atoms with Crippen LogP contribution in [0.25, 0.3) is 0 Å². The van der Waals surface area contributed by atoms with E-state index in [1.54, 1.807) is 19.2 Å². The highest BCUT2D eigenvalue weighted by Gasteiger charge is 2.48. The van der Waals surface area contributed by atoms with Gasteiger partial charge in [0.15, 0.2) is 6.29 Å². The molecule has 2 saturated heterocycles. The molecule has 9 nitrogen and oxygen atoms in total. The number of aryl methyl sites for hydroxylation is 2. The molecule has 2 heterocycles. The number of nitrogens with one attached hydrogen (secondary N) is 5. The second-order valence-electron chi connectivity index (χ2n) is 8.23. The van der Waals surface area contributed by atoms with Crippen LogP contribution in [0.15, 0.2) is 42.5 Å². The highest BCUT2D eigenvalue weighted by Crippen LogP contribution is 2.28. The number of hydrogen-bond acceptors (Lipinski definition) is 6. The number of benzene rings is 2. The average molecular weight is 438 g/mol. The summed E-state index contributed by atoms with van der Waals surface area (Å²) in [6.07, 6.45) is -1.34. The van der Waals surface area contributed by atoms with Crippen molar-refractivity contribution < 1.29 is 19.1 Å². The Morgan fingerprint density at radius 3 is 2.34 bits per heavy atom. The molecule has 0 spiro atoms.